The standard InChI is InChI=1S/C33H38FN5O5/c1-3-6-29-27(32(41)39(30(36-29)15-16-35)23-11-13-24(14-12-23)43-19-20(2)40)17-22-10-9-21(18-28(22)34)25-7-4-5-8-26(25)31-37-33(42)44-38-31/h4-5,7-10,15-16,18,20,23-24,35-36,40H,3,6,11-14,17,19H2,1-2H3,(H,37,38,42)/b30-15+,35-16?/t20?,23-,24-. The predicted molar refractivity (Wildman–Crippen MR) is 164 cm³/mol. The van der Waals surface area contributed by atoms with E-state index in [1.165, 1.54) is 12.3 Å². The maximum Gasteiger partial charge on any atom is 0.439 e. The molecule has 1 amide bonds. The molecule has 232 valence electrons. The minimum atomic E-state index is -0.677. The zero-order valence-electron chi connectivity index (χ0n) is 24.9. The van der Waals surface area contributed by atoms with Crippen molar-refractivity contribution in [2.45, 2.75) is 77.0 Å². The van der Waals surface area contributed by atoms with Crippen molar-refractivity contribution >= 4 is 12.1 Å². The molecule has 44 heavy (non-hydrogen) atoms. The molecule has 1 aliphatic heterocycles. The topological polar surface area (TPSA) is 145 Å². The number of ether oxygens (including phenoxy) is 1. The molecule has 2 aromatic carbocycles. The van der Waals surface area contributed by atoms with Gasteiger partial charge in [-0.15, -0.1) is 0 Å². The molecule has 0 spiro atoms. The Balaban J connectivity index is 1.41. The fourth-order valence-electron chi connectivity index (χ4n) is 5.96. The molecule has 1 aromatic heterocycles. The Morgan fingerprint density at radius 1 is 1.18 bits per heavy atom. The van der Waals surface area contributed by atoms with E-state index in [0.717, 1.165) is 25.0 Å². The van der Waals surface area contributed by atoms with Gasteiger partial charge in [-0.25, -0.2) is 9.18 Å². The van der Waals surface area contributed by atoms with Crippen LogP contribution in [0, 0.1) is 11.2 Å². The highest BCUT2D eigenvalue weighted by molar-refractivity contribution is 5.97. The highest BCUT2D eigenvalue weighted by atomic mass is 19.1. The van der Waals surface area contributed by atoms with Crippen LogP contribution in [0.3, 0.4) is 0 Å². The van der Waals surface area contributed by atoms with Crippen molar-refractivity contribution in [3.63, 3.8) is 0 Å². The molecule has 1 unspecified atom stereocenters. The first kappa shape index (κ1) is 31.1. The number of aliphatic hydroxyl groups excluding tert-OH is 1. The minimum Gasteiger partial charge on any atom is -0.391 e. The van der Waals surface area contributed by atoms with Gasteiger partial charge in [0.15, 0.2) is 5.82 Å². The van der Waals surface area contributed by atoms with Gasteiger partial charge in [0, 0.05) is 35.5 Å². The van der Waals surface area contributed by atoms with E-state index in [9.17, 15) is 14.7 Å². The van der Waals surface area contributed by atoms with Crippen LogP contribution in [0.5, 0.6) is 0 Å². The van der Waals surface area contributed by atoms with Crippen molar-refractivity contribution in [2.75, 3.05) is 6.61 Å². The van der Waals surface area contributed by atoms with Gasteiger partial charge in [-0.05, 0) is 67.9 Å². The first-order chi connectivity index (χ1) is 21.3. The first-order valence-corrected chi connectivity index (χ1v) is 15.1. The van der Waals surface area contributed by atoms with Gasteiger partial charge in [0.25, 0.3) is 5.91 Å². The van der Waals surface area contributed by atoms with Gasteiger partial charge in [0.05, 0.1) is 18.8 Å². The highest BCUT2D eigenvalue weighted by Gasteiger charge is 2.37. The van der Waals surface area contributed by atoms with Gasteiger partial charge >= 0.3 is 5.76 Å². The summed E-state index contributed by atoms with van der Waals surface area (Å²) >= 11 is 0. The van der Waals surface area contributed by atoms with Crippen LogP contribution in [-0.2, 0) is 16.0 Å². The summed E-state index contributed by atoms with van der Waals surface area (Å²) in [6.07, 6.45) is 6.66. The van der Waals surface area contributed by atoms with Crippen LogP contribution in [0.15, 0.2) is 74.9 Å². The second-order valence-corrected chi connectivity index (χ2v) is 11.3. The maximum atomic E-state index is 15.8. The largest absolute Gasteiger partial charge is 0.439 e. The number of aromatic nitrogens is 2. The fourth-order valence-corrected chi connectivity index (χ4v) is 5.96. The Labute approximate surface area is 255 Å². The Morgan fingerprint density at radius 2 is 1.93 bits per heavy atom. The molecular weight excluding hydrogens is 565 g/mol. The van der Waals surface area contributed by atoms with Gasteiger partial charge in [0.2, 0.25) is 0 Å². The smallest absolute Gasteiger partial charge is 0.391 e. The lowest BCUT2D eigenvalue weighted by atomic mass is 9.89. The lowest BCUT2D eigenvalue weighted by Crippen LogP contribution is -2.50. The summed E-state index contributed by atoms with van der Waals surface area (Å²) < 4.78 is 26.2. The number of benzene rings is 2. The molecule has 2 aliphatic rings. The molecule has 1 aliphatic carbocycles. The van der Waals surface area contributed by atoms with Crippen LogP contribution in [0.1, 0.15) is 57.9 Å². The molecule has 1 atom stereocenters. The van der Waals surface area contributed by atoms with E-state index in [1.807, 2.05) is 19.1 Å². The summed E-state index contributed by atoms with van der Waals surface area (Å²) in [7, 11) is 0. The molecule has 1 saturated carbocycles. The maximum absolute atomic E-state index is 15.8. The van der Waals surface area contributed by atoms with E-state index in [-0.39, 0.29) is 36.9 Å². The van der Waals surface area contributed by atoms with Crippen molar-refractivity contribution < 1.29 is 23.6 Å². The molecule has 0 saturated heterocycles. The van der Waals surface area contributed by atoms with Crippen molar-refractivity contribution in [1.29, 1.82) is 5.41 Å². The summed E-state index contributed by atoms with van der Waals surface area (Å²) in [6, 6.07) is 12.0. The number of allylic oxidation sites excluding steroid dienone is 2. The van der Waals surface area contributed by atoms with Crippen molar-refractivity contribution in [1.82, 2.24) is 20.4 Å². The predicted octanol–water partition coefficient (Wildman–Crippen LogP) is 5.06. The summed E-state index contributed by atoms with van der Waals surface area (Å²) in [4.78, 5) is 30.0. The third-order valence-corrected chi connectivity index (χ3v) is 8.06. The number of hydrogen-bond donors (Lipinski definition) is 4. The van der Waals surface area contributed by atoms with Crippen LogP contribution in [0.25, 0.3) is 22.5 Å². The Bertz CT molecular complexity index is 1620. The lowest BCUT2D eigenvalue weighted by Gasteiger charge is -2.42. The molecule has 10 nitrogen and oxygen atoms in total. The van der Waals surface area contributed by atoms with Gasteiger partial charge in [-0.3, -0.25) is 19.2 Å². The Kier molecular flexibility index (Phi) is 9.86. The molecule has 0 radical (unpaired) electrons. The third-order valence-electron chi connectivity index (χ3n) is 8.06. The van der Waals surface area contributed by atoms with E-state index in [1.54, 1.807) is 42.2 Å². The van der Waals surface area contributed by atoms with Crippen molar-refractivity contribution in [3.05, 3.63) is 87.6 Å². The van der Waals surface area contributed by atoms with Gasteiger partial charge in [-0.1, -0.05) is 54.9 Å². The minimum absolute atomic E-state index is 0.0248. The SMILES string of the molecule is CCCC1=C(Cc2ccc(-c3ccccc3-c3noc(=O)[nH]3)cc2F)C(=O)N([C@H]2CC[C@H](OCC(C)O)CC2)/C(=C/C=N)N1. The van der Waals surface area contributed by atoms with Crippen LogP contribution in [0.4, 0.5) is 4.39 Å². The summed E-state index contributed by atoms with van der Waals surface area (Å²) in [5.74, 6) is -0.504. The molecule has 2 heterocycles. The molecule has 1 fully saturated rings. The monoisotopic (exact) mass is 603 g/mol. The van der Waals surface area contributed by atoms with Gasteiger partial charge in [0.1, 0.15) is 11.6 Å². The number of nitrogens with zero attached hydrogens (tertiary/aromatic N) is 2. The van der Waals surface area contributed by atoms with Crippen LogP contribution in [0.2, 0.25) is 0 Å². The number of hydrogen-bond acceptors (Lipinski definition) is 8. The second kappa shape index (κ2) is 14.0. The number of carbonyl (C=O) groups is 1. The number of amides is 1. The summed E-state index contributed by atoms with van der Waals surface area (Å²) in [5.41, 5.74) is 3.48. The molecule has 11 heteroatoms. The van der Waals surface area contributed by atoms with E-state index in [4.69, 9.17) is 10.1 Å². The molecule has 4 N–H and O–H groups in total. The highest BCUT2D eigenvalue weighted by Crippen LogP contribution is 2.35. The molecule has 5 rings (SSSR count). The molecular formula is C33H38FN5O5. The average molecular weight is 604 g/mol. The lowest BCUT2D eigenvalue weighted by molar-refractivity contribution is -0.129. The van der Waals surface area contributed by atoms with Crippen LogP contribution >= 0.6 is 0 Å². The van der Waals surface area contributed by atoms with E-state index < -0.39 is 17.7 Å². The summed E-state index contributed by atoms with van der Waals surface area (Å²) in [5, 5.41) is 24.5. The van der Waals surface area contributed by atoms with Gasteiger partial charge in [-0.2, -0.15) is 0 Å². The van der Waals surface area contributed by atoms with Crippen LogP contribution in [-0.4, -0.2) is 57.1 Å². The number of aliphatic hydroxyl groups is 1. The second-order valence-electron chi connectivity index (χ2n) is 11.3. The Morgan fingerprint density at radius 3 is 2.57 bits per heavy atom. The number of carbonyl (C=O) groups excluding carboxylic acids is 1. The van der Waals surface area contributed by atoms with Crippen molar-refractivity contribution in [2.24, 2.45) is 0 Å². The van der Waals surface area contributed by atoms with E-state index >= 15 is 4.39 Å². The molecule has 3 aromatic rings. The van der Waals surface area contributed by atoms with Crippen molar-refractivity contribution in [3.8, 4) is 22.5 Å². The number of rotatable bonds is 11. The normalized spacial score (nSPS) is 20.6. The third kappa shape index (κ3) is 6.89. The number of aromatic amines is 1. The number of nitrogens with one attached hydrogen (secondary N) is 3. The summed E-state index contributed by atoms with van der Waals surface area (Å²) in [6.45, 7) is 3.99. The number of halogens is 1. The fraction of sp³-hybridized carbons (Fsp3) is 0.394. The van der Waals surface area contributed by atoms with E-state index in [2.05, 4.69) is 20.0 Å². The average Bonchev–Trinajstić information content (AvgIpc) is 3.45. The van der Waals surface area contributed by atoms with Gasteiger partial charge < -0.3 is 20.6 Å². The van der Waals surface area contributed by atoms with E-state index in [0.29, 0.717) is 52.9 Å². The quantitative estimate of drug-likeness (QED) is 0.224. The zero-order chi connectivity index (χ0) is 31.2. The Hall–Kier alpha value is -4.35. The number of H-pyrrole nitrogens is 1. The van der Waals surface area contributed by atoms with Crippen LogP contribution < -0.4 is 11.1 Å². The zero-order valence-corrected chi connectivity index (χ0v) is 24.9. The first-order valence-electron chi connectivity index (χ1n) is 15.1. The molecule has 0 bridgehead atoms.